The normalized spacial score (nSPS) is 17.1. The molecule has 10 nitrogen and oxygen atoms in total. The van der Waals surface area contributed by atoms with Gasteiger partial charge in [0.15, 0.2) is 11.0 Å². The fraction of sp³-hybridized carbons (Fsp3) is 0.333. The van der Waals surface area contributed by atoms with E-state index in [0.29, 0.717) is 29.8 Å². The third-order valence-electron chi connectivity index (χ3n) is 6.16. The highest BCUT2D eigenvalue weighted by Gasteiger charge is 2.33. The number of rotatable bonds is 4. The molecule has 2 aromatic carbocycles. The molecule has 0 spiro atoms. The lowest BCUT2D eigenvalue weighted by Gasteiger charge is -2.37. The van der Waals surface area contributed by atoms with Crippen LogP contribution in [-0.4, -0.2) is 63.7 Å². The summed E-state index contributed by atoms with van der Waals surface area (Å²) in [4.78, 5) is 19.6. The van der Waals surface area contributed by atoms with E-state index >= 15 is 0 Å². The summed E-state index contributed by atoms with van der Waals surface area (Å²) in [7, 11) is -2.10. The van der Waals surface area contributed by atoms with E-state index in [-0.39, 0.29) is 45.6 Å². The van der Waals surface area contributed by atoms with E-state index in [1.807, 2.05) is 25.1 Å². The van der Waals surface area contributed by atoms with Crippen LogP contribution in [0, 0.1) is 0 Å². The van der Waals surface area contributed by atoms with Gasteiger partial charge in [0.2, 0.25) is 10.0 Å². The van der Waals surface area contributed by atoms with Crippen molar-refractivity contribution in [3.63, 3.8) is 0 Å². The highest BCUT2D eigenvalue weighted by atomic mass is 35.5. The van der Waals surface area contributed by atoms with Crippen molar-refractivity contribution in [2.45, 2.75) is 17.9 Å². The molecule has 0 bridgehead atoms. The quantitative estimate of drug-likeness (QED) is 0.429. The van der Waals surface area contributed by atoms with Crippen molar-refractivity contribution in [1.82, 2.24) is 29.1 Å². The molecule has 1 aliphatic heterocycles. The fourth-order valence-electron chi connectivity index (χ4n) is 4.26. The Morgan fingerprint density at radius 3 is 2.48 bits per heavy atom. The maximum atomic E-state index is 13.3. The second-order valence-electron chi connectivity index (χ2n) is 7.97. The van der Waals surface area contributed by atoms with Crippen LogP contribution in [0.2, 0.25) is 5.02 Å². The van der Waals surface area contributed by atoms with Gasteiger partial charge in [-0.2, -0.15) is 4.31 Å². The van der Waals surface area contributed by atoms with Gasteiger partial charge in [-0.15, -0.1) is 0 Å². The van der Waals surface area contributed by atoms with E-state index in [4.69, 9.17) is 21.2 Å². The molecule has 172 valence electrons. The van der Waals surface area contributed by atoms with Crippen LogP contribution in [0.1, 0.15) is 18.8 Å². The molecule has 2 aromatic heterocycles. The largest absolute Gasteiger partial charge is 0.298 e. The van der Waals surface area contributed by atoms with Gasteiger partial charge in [-0.1, -0.05) is 23.7 Å². The molecular formula is C21H21ClN6O4S. The van der Waals surface area contributed by atoms with Crippen LogP contribution in [-0.2, 0) is 17.1 Å². The number of hydrogen-bond donors (Lipinski definition) is 0. The molecular weight excluding hydrogens is 468 g/mol. The Kier molecular flexibility index (Phi) is 5.44. The highest BCUT2D eigenvalue weighted by molar-refractivity contribution is 7.89. The minimum absolute atomic E-state index is 0.0169. The number of fused-ring (bicyclic) bond motifs is 2. The second kappa shape index (κ2) is 8.17. The molecule has 0 N–H and O–H groups in total. The average Bonchev–Trinajstić information content (AvgIpc) is 3.32. The van der Waals surface area contributed by atoms with Crippen molar-refractivity contribution < 1.29 is 13.0 Å². The Hall–Kier alpha value is -2.86. The lowest BCUT2D eigenvalue weighted by atomic mass is 10.2. The van der Waals surface area contributed by atoms with Crippen molar-refractivity contribution >= 4 is 43.6 Å². The summed E-state index contributed by atoms with van der Waals surface area (Å²) in [6, 6.07) is 9.99. The van der Waals surface area contributed by atoms with Gasteiger partial charge in [-0.05, 0) is 41.5 Å². The smallest absolute Gasteiger partial charge is 0.261 e. The Balaban J connectivity index is 1.38. The van der Waals surface area contributed by atoms with Crippen LogP contribution < -0.4 is 5.56 Å². The van der Waals surface area contributed by atoms with Gasteiger partial charge in [-0.3, -0.25) is 14.3 Å². The van der Waals surface area contributed by atoms with Gasteiger partial charge in [-0.25, -0.2) is 18.0 Å². The Bertz CT molecular complexity index is 1530. The number of hydrogen-bond acceptors (Lipinski definition) is 8. The molecule has 1 fully saturated rings. The lowest BCUT2D eigenvalue weighted by Crippen LogP contribution is -2.49. The first-order valence-corrected chi connectivity index (χ1v) is 12.2. The summed E-state index contributed by atoms with van der Waals surface area (Å²) in [6.45, 7) is 3.51. The first-order chi connectivity index (χ1) is 15.8. The molecule has 3 heterocycles. The van der Waals surface area contributed by atoms with Crippen LogP contribution >= 0.6 is 11.6 Å². The number of para-hydroxylation sites is 1. The van der Waals surface area contributed by atoms with Gasteiger partial charge < -0.3 is 0 Å². The molecule has 0 amide bonds. The molecule has 1 aliphatic rings. The summed E-state index contributed by atoms with van der Waals surface area (Å²) >= 11 is 6.07. The fourth-order valence-corrected chi connectivity index (χ4v) is 5.99. The van der Waals surface area contributed by atoms with Crippen LogP contribution in [0.5, 0.6) is 0 Å². The summed E-state index contributed by atoms with van der Waals surface area (Å²) in [5.74, 6) is 0.642. The molecule has 12 heteroatoms. The summed E-state index contributed by atoms with van der Waals surface area (Å²) in [5, 5.41) is 8.29. The maximum Gasteiger partial charge on any atom is 0.261 e. The Morgan fingerprint density at radius 2 is 1.73 bits per heavy atom. The lowest BCUT2D eigenvalue weighted by molar-refractivity contribution is 0.139. The zero-order valence-corrected chi connectivity index (χ0v) is 19.5. The third-order valence-corrected chi connectivity index (χ3v) is 8.39. The maximum absolute atomic E-state index is 13.3. The molecule has 1 atom stereocenters. The second-order valence-corrected chi connectivity index (χ2v) is 10.3. The first kappa shape index (κ1) is 22.0. The number of nitrogens with zero attached hydrogens (tertiary/aromatic N) is 6. The molecule has 0 aliphatic carbocycles. The van der Waals surface area contributed by atoms with E-state index in [0.717, 1.165) is 0 Å². The van der Waals surface area contributed by atoms with Crippen molar-refractivity contribution in [2.24, 2.45) is 7.05 Å². The number of halogens is 1. The molecule has 5 rings (SSSR count). The van der Waals surface area contributed by atoms with Gasteiger partial charge >= 0.3 is 0 Å². The predicted octanol–water partition coefficient (Wildman–Crippen LogP) is 2.19. The number of sulfonamides is 1. The van der Waals surface area contributed by atoms with Gasteiger partial charge in [0.25, 0.3) is 5.56 Å². The average molecular weight is 489 g/mol. The van der Waals surface area contributed by atoms with E-state index in [2.05, 4.69) is 15.2 Å². The van der Waals surface area contributed by atoms with Crippen LogP contribution in [0.4, 0.5) is 0 Å². The van der Waals surface area contributed by atoms with Gasteiger partial charge in [0.05, 0.1) is 22.0 Å². The standard InChI is InChI=1S/C21H21ClN6O4S/c1-13(20-23-16-6-4-3-5-14(16)21(29)26(20)2)27-9-11-28(12-10-27)33(30,31)17-8-7-15(22)18-19(17)25-32-24-18/h3-8,13H,9-12H2,1-2H3. The van der Waals surface area contributed by atoms with E-state index in [1.165, 1.54) is 16.4 Å². The zero-order chi connectivity index (χ0) is 23.3. The van der Waals surface area contributed by atoms with E-state index in [1.54, 1.807) is 17.7 Å². The van der Waals surface area contributed by atoms with Crippen molar-refractivity contribution in [2.75, 3.05) is 26.2 Å². The Labute approximate surface area is 194 Å². The van der Waals surface area contributed by atoms with Gasteiger partial charge in [0.1, 0.15) is 10.7 Å². The van der Waals surface area contributed by atoms with Crippen LogP contribution in [0.15, 0.2) is 50.7 Å². The van der Waals surface area contributed by atoms with Crippen molar-refractivity contribution in [1.29, 1.82) is 0 Å². The summed E-state index contributed by atoms with van der Waals surface area (Å²) < 4.78 is 34.3. The molecule has 33 heavy (non-hydrogen) atoms. The van der Waals surface area contributed by atoms with Crippen molar-refractivity contribution in [3.8, 4) is 0 Å². The molecule has 0 saturated carbocycles. The van der Waals surface area contributed by atoms with E-state index in [9.17, 15) is 13.2 Å². The minimum Gasteiger partial charge on any atom is -0.298 e. The SMILES string of the molecule is CC(c1nc2ccccc2c(=O)n1C)N1CCN(S(=O)(=O)c2ccc(Cl)c3nonc23)CC1. The van der Waals surface area contributed by atoms with Crippen molar-refractivity contribution in [3.05, 3.63) is 57.6 Å². The van der Waals surface area contributed by atoms with E-state index < -0.39 is 10.0 Å². The first-order valence-electron chi connectivity index (χ1n) is 10.4. The van der Waals surface area contributed by atoms with Crippen LogP contribution in [0.25, 0.3) is 21.9 Å². The third kappa shape index (κ3) is 3.61. The summed E-state index contributed by atoms with van der Waals surface area (Å²) in [6.07, 6.45) is 0. The minimum atomic E-state index is -3.82. The number of piperazine rings is 1. The number of benzene rings is 2. The zero-order valence-electron chi connectivity index (χ0n) is 18.0. The van der Waals surface area contributed by atoms with Crippen LogP contribution in [0.3, 0.4) is 0 Å². The highest BCUT2D eigenvalue weighted by Crippen LogP contribution is 2.30. The summed E-state index contributed by atoms with van der Waals surface area (Å²) in [5.41, 5.74) is 0.884. The van der Waals surface area contributed by atoms with Gasteiger partial charge in [0, 0.05) is 33.2 Å². The molecule has 0 radical (unpaired) electrons. The molecule has 1 saturated heterocycles. The predicted molar refractivity (Wildman–Crippen MR) is 123 cm³/mol. The monoisotopic (exact) mass is 488 g/mol. The Morgan fingerprint density at radius 1 is 1.03 bits per heavy atom. The molecule has 4 aromatic rings. The topological polar surface area (TPSA) is 114 Å². The molecule has 1 unspecified atom stereocenters. The number of aromatic nitrogens is 4.